The van der Waals surface area contributed by atoms with Crippen molar-refractivity contribution in [2.45, 2.75) is 32.5 Å². The molecule has 1 amide bonds. The Kier molecular flexibility index (Phi) is 9.53. The van der Waals surface area contributed by atoms with E-state index in [0.717, 1.165) is 38.4 Å². The lowest BCUT2D eigenvalue weighted by atomic mass is 9.97. The quantitative estimate of drug-likeness (QED) is 0.301. The van der Waals surface area contributed by atoms with Crippen molar-refractivity contribution in [3.05, 3.63) is 71.3 Å². The largest absolute Gasteiger partial charge is 0.375 e. The molecule has 1 heterocycles. The van der Waals surface area contributed by atoms with E-state index in [-0.39, 0.29) is 11.8 Å². The molecule has 1 aliphatic rings. The highest BCUT2D eigenvalue weighted by atomic mass is 16.5. The van der Waals surface area contributed by atoms with Crippen molar-refractivity contribution in [3.8, 4) is 0 Å². The summed E-state index contributed by atoms with van der Waals surface area (Å²) in [6.07, 6.45) is 1.92. The van der Waals surface area contributed by atoms with Crippen molar-refractivity contribution in [1.82, 2.24) is 15.5 Å². The minimum atomic E-state index is -0.183. The molecule has 0 radical (unpaired) electrons. The molecule has 1 aliphatic heterocycles. The van der Waals surface area contributed by atoms with Crippen molar-refractivity contribution in [2.75, 3.05) is 33.3 Å². The first kappa shape index (κ1) is 23.8. The van der Waals surface area contributed by atoms with Gasteiger partial charge in [0.05, 0.1) is 19.1 Å². The van der Waals surface area contributed by atoms with Gasteiger partial charge in [-0.2, -0.15) is 0 Å². The van der Waals surface area contributed by atoms with Crippen LogP contribution in [0.25, 0.3) is 0 Å². The first-order chi connectivity index (χ1) is 15.6. The number of nitrogens with one attached hydrogen (secondary N) is 2. The Morgan fingerprint density at radius 1 is 1.12 bits per heavy atom. The zero-order valence-corrected chi connectivity index (χ0v) is 18.9. The highest BCUT2D eigenvalue weighted by Crippen LogP contribution is 2.18. The van der Waals surface area contributed by atoms with Crippen LogP contribution in [0.3, 0.4) is 0 Å². The van der Waals surface area contributed by atoms with Crippen LogP contribution in [0.1, 0.15) is 29.5 Å². The van der Waals surface area contributed by atoms with Crippen LogP contribution in [0.15, 0.2) is 59.6 Å². The van der Waals surface area contributed by atoms with Gasteiger partial charge in [-0.3, -0.25) is 14.7 Å². The summed E-state index contributed by atoms with van der Waals surface area (Å²) < 4.78 is 5.71. The molecule has 1 atom stereocenters. The van der Waals surface area contributed by atoms with E-state index in [2.05, 4.69) is 56.9 Å². The van der Waals surface area contributed by atoms with E-state index < -0.39 is 0 Å². The summed E-state index contributed by atoms with van der Waals surface area (Å²) in [4.78, 5) is 18.1. The van der Waals surface area contributed by atoms with Crippen molar-refractivity contribution in [2.24, 2.45) is 16.6 Å². The Morgan fingerprint density at radius 2 is 1.91 bits per heavy atom. The van der Waals surface area contributed by atoms with Gasteiger partial charge in [-0.05, 0) is 36.1 Å². The number of nitrogens with zero attached hydrogens (tertiary/aromatic N) is 2. The molecular formula is C25H35N5O2. The molecule has 1 unspecified atom stereocenters. The lowest BCUT2D eigenvalue weighted by Crippen LogP contribution is -2.40. The smallest absolute Gasteiger partial charge is 0.221 e. The van der Waals surface area contributed by atoms with Gasteiger partial charge >= 0.3 is 0 Å². The zero-order chi connectivity index (χ0) is 22.6. The molecule has 0 bridgehead atoms. The molecule has 2 aromatic rings. The molecule has 0 saturated carbocycles. The third-order valence-electron chi connectivity index (χ3n) is 5.64. The maximum atomic E-state index is 11.5. The standard InChI is InChI=1S/C25H35N5O2/c1-27-25(28-12-14-32-19-20-7-3-2-4-8-20)29-16-21-9-5-10-22(15-21)17-30-13-6-11-23(18-30)24(26)31/h2-5,7-10,15,23H,6,11-14,16-19H2,1H3,(H2,26,31)(H2,27,28,29). The molecule has 1 fully saturated rings. The van der Waals surface area contributed by atoms with Crippen LogP contribution in [0.2, 0.25) is 0 Å². The topological polar surface area (TPSA) is 92.0 Å². The second-order valence-electron chi connectivity index (χ2n) is 8.19. The Hall–Kier alpha value is -2.90. The van der Waals surface area contributed by atoms with Gasteiger partial charge in [0, 0.05) is 33.2 Å². The number of hydrogen-bond donors (Lipinski definition) is 3. The SMILES string of the molecule is CN=C(NCCOCc1ccccc1)NCc1cccc(CN2CCCC(C(N)=O)C2)c1. The van der Waals surface area contributed by atoms with Gasteiger partial charge in [0.25, 0.3) is 0 Å². The van der Waals surface area contributed by atoms with Gasteiger partial charge in [-0.15, -0.1) is 0 Å². The minimum absolute atomic E-state index is 0.0281. The predicted octanol–water partition coefficient (Wildman–Crippen LogP) is 2.27. The van der Waals surface area contributed by atoms with Gasteiger partial charge in [0.2, 0.25) is 5.91 Å². The number of likely N-dealkylation sites (tertiary alicyclic amines) is 1. The van der Waals surface area contributed by atoms with Crippen LogP contribution >= 0.6 is 0 Å². The summed E-state index contributed by atoms with van der Waals surface area (Å²) in [7, 11) is 1.77. The van der Waals surface area contributed by atoms with E-state index in [9.17, 15) is 4.79 Å². The van der Waals surface area contributed by atoms with Crippen molar-refractivity contribution in [1.29, 1.82) is 0 Å². The number of benzene rings is 2. The molecule has 7 nitrogen and oxygen atoms in total. The van der Waals surface area contributed by atoms with Crippen LogP contribution in [0, 0.1) is 5.92 Å². The zero-order valence-electron chi connectivity index (χ0n) is 18.9. The lowest BCUT2D eigenvalue weighted by molar-refractivity contribution is -0.123. The van der Waals surface area contributed by atoms with Crippen molar-refractivity contribution < 1.29 is 9.53 Å². The fourth-order valence-electron chi connectivity index (χ4n) is 3.94. The Labute approximate surface area is 191 Å². The van der Waals surface area contributed by atoms with E-state index in [1.165, 1.54) is 16.7 Å². The number of primary amides is 1. The number of hydrogen-bond acceptors (Lipinski definition) is 4. The van der Waals surface area contributed by atoms with Gasteiger partial charge in [0.15, 0.2) is 5.96 Å². The molecule has 0 aromatic heterocycles. The van der Waals surface area contributed by atoms with Crippen LogP contribution < -0.4 is 16.4 Å². The Bertz CT molecular complexity index is 872. The molecule has 4 N–H and O–H groups in total. The van der Waals surface area contributed by atoms with E-state index in [1.807, 2.05) is 18.2 Å². The summed E-state index contributed by atoms with van der Waals surface area (Å²) >= 11 is 0. The fraction of sp³-hybridized carbons (Fsp3) is 0.440. The first-order valence-electron chi connectivity index (χ1n) is 11.3. The summed E-state index contributed by atoms with van der Waals surface area (Å²) in [5, 5.41) is 6.64. The molecule has 3 rings (SSSR count). The van der Waals surface area contributed by atoms with Gasteiger partial charge in [-0.1, -0.05) is 54.6 Å². The van der Waals surface area contributed by atoms with Gasteiger partial charge < -0.3 is 21.1 Å². The van der Waals surface area contributed by atoms with E-state index in [0.29, 0.717) is 26.3 Å². The van der Waals surface area contributed by atoms with E-state index >= 15 is 0 Å². The third kappa shape index (κ3) is 7.98. The lowest BCUT2D eigenvalue weighted by Gasteiger charge is -2.31. The number of amides is 1. The monoisotopic (exact) mass is 437 g/mol. The average Bonchev–Trinajstić information content (AvgIpc) is 2.82. The number of rotatable bonds is 10. The summed E-state index contributed by atoms with van der Waals surface area (Å²) in [6, 6.07) is 18.7. The number of piperidine rings is 1. The van der Waals surface area contributed by atoms with Crippen LogP contribution in [-0.2, 0) is 29.2 Å². The normalized spacial score (nSPS) is 17.2. The van der Waals surface area contributed by atoms with Crippen LogP contribution in [-0.4, -0.2) is 50.1 Å². The maximum Gasteiger partial charge on any atom is 0.221 e. The molecule has 32 heavy (non-hydrogen) atoms. The molecule has 172 valence electrons. The Morgan fingerprint density at radius 3 is 2.69 bits per heavy atom. The van der Waals surface area contributed by atoms with Crippen LogP contribution in [0.4, 0.5) is 0 Å². The summed E-state index contributed by atoms with van der Waals surface area (Å²) in [6.45, 7) is 5.18. The molecule has 7 heteroatoms. The number of guanidine groups is 1. The fourth-order valence-corrected chi connectivity index (χ4v) is 3.94. The minimum Gasteiger partial charge on any atom is -0.375 e. The molecular weight excluding hydrogens is 402 g/mol. The molecule has 2 aromatic carbocycles. The third-order valence-corrected chi connectivity index (χ3v) is 5.64. The molecule has 0 spiro atoms. The van der Waals surface area contributed by atoms with Crippen LogP contribution in [0.5, 0.6) is 0 Å². The maximum absolute atomic E-state index is 11.5. The van der Waals surface area contributed by atoms with Crippen molar-refractivity contribution in [3.63, 3.8) is 0 Å². The Balaban J connectivity index is 1.39. The number of nitrogens with two attached hydrogens (primary N) is 1. The van der Waals surface area contributed by atoms with E-state index in [1.54, 1.807) is 7.05 Å². The van der Waals surface area contributed by atoms with Gasteiger partial charge in [-0.25, -0.2) is 0 Å². The molecule has 0 aliphatic carbocycles. The number of aliphatic imine (C=N–C) groups is 1. The highest BCUT2D eigenvalue weighted by molar-refractivity contribution is 5.79. The highest BCUT2D eigenvalue weighted by Gasteiger charge is 2.23. The number of carbonyl (C=O) groups is 1. The molecule has 1 saturated heterocycles. The summed E-state index contributed by atoms with van der Waals surface area (Å²) in [5.41, 5.74) is 9.11. The number of ether oxygens (including phenoxy) is 1. The van der Waals surface area contributed by atoms with Gasteiger partial charge in [0.1, 0.15) is 0 Å². The average molecular weight is 438 g/mol. The van der Waals surface area contributed by atoms with E-state index in [4.69, 9.17) is 10.5 Å². The second-order valence-corrected chi connectivity index (χ2v) is 8.19. The van der Waals surface area contributed by atoms with Crippen molar-refractivity contribution >= 4 is 11.9 Å². The number of carbonyl (C=O) groups excluding carboxylic acids is 1. The second kappa shape index (κ2) is 12.8. The first-order valence-corrected chi connectivity index (χ1v) is 11.3. The predicted molar refractivity (Wildman–Crippen MR) is 128 cm³/mol. The summed E-state index contributed by atoms with van der Waals surface area (Å²) in [5.74, 6) is 0.538.